The normalized spacial score (nSPS) is 11.8. The molecule has 0 bridgehead atoms. The van der Waals surface area contributed by atoms with Crippen molar-refractivity contribution < 1.29 is 19.1 Å². The number of methoxy groups -OCH3 is 1. The molecular weight excluding hydrogens is 400 g/mol. The molecule has 0 saturated heterocycles. The van der Waals surface area contributed by atoms with E-state index in [0.717, 1.165) is 21.9 Å². The van der Waals surface area contributed by atoms with Crippen molar-refractivity contribution in [1.29, 1.82) is 0 Å². The molecule has 1 amide bonds. The van der Waals surface area contributed by atoms with E-state index in [-0.39, 0.29) is 12.5 Å². The fraction of sp³-hybridized carbons (Fsp3) is 0.174. The Morgan fingerprint density at radius 2 is 1.87 bits per heavy atom. The number of amides is 1. The van der Waals surface area contributed by atoms with Crippen molar-refractivity contribution in [3.63, 3.8) is 0 Å². The largest absolute Gasteiger partial charge is 0.497 e. The highest BCUT2D eigenvalue weighted by atomic mass is 32.1. The van der Waals surface area contributed by atoms with Gasteiger partial charge in [-0.2, -0.15) is 0 Å². The summed E-state index contributed by atoms with van der Waals surface area (Å²) in [6.45, 7) is 1.64. The zero-order valence-electron chi connectivity index (χ0n) is 16.7. The van der Waals surface area contributed by atoms with E-state index in [4.69, 9.17) is 9.47 Å². The van der Waals surface area contributed by atoms with E-state index in [2.05, 4.69) is 10.3 Å². The van der Waals surface area contributed by atoms with E-state index in [9.17, 15) is 9.59 Å². The molecule has 6 nitrogen and oxygen atoms in total. The van der Waals surface area contributed by atoms with Crippen molar-refractivity contribution in [3.05, 3.63) is 77.3 Å². The number of nitrogens with zero attached hydrogens (tertiary/aromatic N) is 1. The molecule has 0 spiro atoms. The lowest BCUT2D eigenvalue weighted by Gasteiger charge is -2.11. The molecule has 2 aromatic carbocycles. The van der Waals surface area contributed by atoms with Gasteiger partial charge in [0.1, 0.15) is 23.4 Å². The highest BCUT2D eigenvalue weighted by Crippen LogP contribution is 2.23. The van der Waals surface area contributed by atoms with Crippen LogP contribution in [0, 0.1) is 0 Å². The highest BCUT2D eigenvalue weighted by molar-refractivity contribution is 7.13. The first-order valence-corrected chi connectivity index (χ1v) is 10.2. The molecule has 0 aliphatic carbocycles. The van der Waals surface area contributed by atoms with Gasteiger partial charge >= 0.3 is 5.97 Å². The number of rotatable bonds is 8. The number of thiazole rings is 1. The molecule has 0 fully saturated rings. The minimum absolute atomic E-state index is 0.0596. The lowest BCUT2D eigenvalue weighted by atomic mass is 10.2. The third-order valence-electron chi connectivity index (χ3n) is 4.19. The summed E-state index contributed by atoms with van der Waals surface area (Å²) in [7, 11) is 1.59. The minimum Gasteiger partial charge on any atom is -0.497 e. The Morgan fingerprint density at radius 1 is 1.13 bits per heavy atom. The molecular formula is C23H22N2O4S. The summed E-state index contributed by atoms with van der Waals surface area (Å²) in [5.74, 6) is -0.158. The van der Waals surface area contributed by atoms with Gasteiger partial charge in [0.25, 0.3) is 0 Å². The predicted octanol–water partition coefficient (Wildman–Crippen LogP) is 4.08. The van der Waals surface area contributed by atoms with Crippen LogP contribution in [-0.4, -0.2) is 30.0 Å². The molecule has 1 heterocycles. The van der Waals surface area contributed by atoms with Crippen LogP contribution in [0.2, 0.25) is 0 Å². The van der Waals surface area contributed by atoms with Crippen molar-refractivity contribution in [3.8, 4) is 16.3 Å². The van der Waals surface area contributed by atoms with Gasteiger partial charge in [-0.3, -0.25) is 4.79 Å². The average molecular weight is 423 g/mol. The number of ether oxygens (including phenoxy) is 2. The Kier molecular flexibility index (Phi) is 7.34. The van der Waals surface area contributed by atoms with Gasteiger partial charge in [-0.1, -0.05) is 42.5 Å². The van der Waals surface area contributed by atoms with Crippen molar-refractivity contribution in [2.24, 2.45) is 0 Å². The molecule has 3 aromatic rings. The van der Waals surface area contributed by atoms with Crippen molar-refractivity contribution in [1.82, 2.24) is 10.3 Å². The van der Waals surface area contributed by atoms with Gasteiger partial charge in [-0.25, -0.2) is 9.78 Å². The number of hydrogen-bond acceptors (Lipinski definition) is 6. The van der Waals surface area contributed by atoms with E-state index >= 15 is 0 Å². The second kappa shape index (κ2) is 10.4. The number of hydrogen-bond donors (Lipinski definition) is 1. The number of carbonyl (C=O) groups is 2. The van der Waals surface area contributed by atoms with Crippen LogP contribution < -0.4 is 10.1 Å². The number of aromatic nitrogens is 1. The molecule has 1 aromatic heterocycles. The summed E-state index contributed by atoms with van der Waals surface area (Å²) in [5.41, 5.74) is 2.54. The summed E-state index contributed by atoms with van der Waals surface area (Å²) in [5, 5.41) is 5.32. The Bertz CT molecular complexity index is 1010. The summed E-state index contributed by atoms with van der Waals surface area (Å²) in [6, 6.07) is 16.3. The third kappa shape index (κ3) is 6.02. The second-order valence-electron chi connectivity index (χ2n) is 6.45. The zero-order valence-corrected chi connectivity index (χ0v) is 17.5. The second-order valence-corrected chi connectivity index (χ2v) is 7.31. The highest BCUT2D eigenvalue weighted by Gasteiger charge is 2.16. The molecule has 154 valence electrons. The molecule has 7 heteroatoms. The topological polar surface area (TPSA) is 77.5 Å². The van der Waals surface area contributed by atoms with Crippen LogP contribution in [0.5, 0.6) is 5.75 Å². The maximum atomic E-state index is 12.2. The van der Waals surface area contributed by atoms with Crippen LogP contribution >= 0.6 is 11.3 Å². The van der Waals surface area contributed by atoms with Crippen molar-refractivity contribution in [2.75, 3.05) is 7.11 Å². The van der Waals surface area contributed by atoms with E-state index in [1.54, 1.807) is 32.2 Å². The molecule has 1 unspecified atom stereocenters. The average Bonchev–Trinajstić information content (AvgIpc) is 3.26. The minimum atomic E-state index is -0.773. The third-order valence-corrected chi connectivity index (χ3v) is 5.13. The maximum Gasteiger partial charge on any atom is 0.328 e. The van der Waals surface area contributed by atoms with Crippen LogP contribution in [0.4, 0.5) is 0 Å². The van der Waals surface area contributed by atoms with Gasteiger partial charge in [-0.05, 0) is 30.7 Å². The molecule has 3 rings (SSSR count). The summed E-state index contributed by atoms with van der Waals surface area (Å²) >= 11 is 1.49. The van der Waals surface area contributed by atoms with Gasteiger partial charge in [-0.15, -0.1) is 11.3 Å². The summed E-state index contributed by atoms with van der Waals surface area (Å²) in [6.07, 6.45) is 3.03. The Labute approximate surface area is 179 Å². The van der Waals surface area contributed by atoms with Gasteiger partial charge in [0.15, 0.2) is 0 Å². The van der Waals surface area contributed by atoms with E-state index in [0.29, 0.717) is 5.69 Å². The first-order valence-electron chi connectivity index (χ1n) is 9.34. The number of carbonyl (C=O) groups excluding carboxylic acids is 2. The monoisotopic (exact) mass is 422 g/mol. The Hall–Kier alpha value is -3.45. The van der Waals surface area contributed by atoms with E-state index < -0.39 is 12.0 Å². The SMILES string of the molecule is COc1ccc(C=CC(=O)NC(C)C(=O)OCc2csc(-c3ccccc3)n2)cc1. The van der Waals surface area contributed by atoms with E-state index in [1.807, 2.05) is 47.8 Å². The Balaban J connectivity index is 1.46. The zero-order chi connectivity index (χ0) is 21.3. The van der Waals surface area contributed by atoms with Crippen molar-refractivity contribution in [2.45, 2.75) is 19.6 Å². The molecule has 1 atom stereocenters. The van der Waals surface area contributed by atoms with Gasteiger partial charge < -0.3 is 14.8 Å². The van der Waals surface area contributed by atoms with Gasteiger partial charge in [0.05, 0.1) is 12.8 Å². The molecule has 0 aliphatic rings. The summed E-state index contributed by atoms with van der Waals surface area (Å²) < 4.78 is 10.4. The van der Waals surface area contributed by atoms with Crippen molar-refractivity contribution >= 4 is 29.3 Å². The molecule has 0 saturated carbocycles. The van der Waals surface area contributed by atoms with Crippen LogP contribution in [0.15, 0.2) is 66.1 Å². The quantitative estimate of drug-likeness (QED) is 0.437. The maximum absolute atomic E-state index is 12.2. The van der Waals surface area contributed by atoms with Gasteiger partial charge in [0, 0.05) is 17.0 Å². The lowest BCUT2D eigenvalue weighted by molar-refractivity contribution is -0.148. The number of benzene rings is 2. The van der Waals surface area contributed by atoms with Gasteiger partial charge in [0.2, 0.25) is 5.91 Å². The number of nitrogens with one attached hydrogen (secondary N) is 1. The standard InChI is InChI=1S/C23H22N2O4S/c1-16(24-21(26)13-10-17-8-11-20(28-2)12-9-17)23(27)29-14-19-15-30-22(25-19)18-6-4-3-5-7-18/h3-13,15-16H,14H2,1-2H3,(H,24,26). The fourth-order valence-corrected chi connectivity index (χ4v) is 3.37. The fourth-order valence-electron chi connectivity index (χ4n) is 2.56. The van der Waals surface area contributed by atoms with Crippen LogP contribution in [0.1, 0.15) is 18.2 Å². The van der Waals surface area contributed by atoms with Crippen LogP contribution in [0.25, 0.3) is 16.6 Å². The predicted molar refractivity (Wildman–Crippen MR) is 117 cm³/mol. The lowest BCUT2D eigenvalue weighted by Crippen LogP contribution is -2.38. The first-order chi connectivity index (χ1) is 14.5. The van der Waals surface area contributed by atoms with E-state index in [1.165, 1.54) is 17.4 Å². The smallest absolute Gasteiger partial charge is 0.328 e. The Morgan fingerprint density at radius 3 is 2.57 bits per heavy atom. The van der Waals surface area contributed by atoms with Crippen LogP contribution in [-0.2, 0) is 20.9 Å². The molecule has 0 aliphatic heterocycles. The molecule has 0 radical (unpaired) electrons. The molecule has 1 N–H and O–H groups in total. The summed E-state index contributed by atoms with van der Waals surface area (Å²) in [4.78, 5) is 28.7. The molecule has 30 heavy (non-hydrogen) atoms. The first kappa shape index (κ1) is 21.3. The number of esters is 1. The van der Waals surface area contributed by atoms with Crippen LogP contribution in [0.3, 0.4) is 0 Å².